The summed E-state index contributed by atoms with van der Waals surface area (Å²) in [7, 11) is 0. The third-order valence-corrected chi connectivity index (χ3v) is 5.75. The molecule has 122 valence electrons. The minimum Gasteiger partial charge on any atom is -0.309 e. The molecule has 0 radical (unpaired) electrons. The smallest absolute Gasteiger partial charge is 0.227 e. The lowest BCUT2D eigenvalue weighted by Gasteiger charge is -2.24. The number of fused-ring (bicyclic) bond motifs is 1. The van der Waals surface area contributed by atoms with Crippen molar-refractivity contribution in [2.45, 2.75) is 64.8 Å². The van der Waals surface area contributed by atoms with Gasteiger partial charge in [-0.3, -0.25) is 4.79 Å². The molecular formula is C19H28BrNO. The average molecular weight is 366 g/mol. The highest BCUT2D eigenvalue weighted by Gasteiger charge is 2.31. The van der Waals surface area contributed by atoms with E-state index in [1.54, 1.807) is 0 Å². The number of rotatable bonds is 5. The van der Waals surface area contributed by atoms with Gasteiger partial charge in [0.1, 0.15) is 0 Å². The molecule has 0 bridgehead atoms. The van der Waals surface area contributed by atoms with Crippen LogP contribution in [0.2, 0.25) is 0 Å². The van der Waals surface area contributed by atoms with Crippen molar-refractivity contribution in [3.8, 4) is 0 Å². The van der Waals surface area contributed by atoms with Crippen LogP contribution >= 0.6 is 15.9 Å². The van der Waals surface area contributed by atoms with E-state index in [1.807, 2.05) is 4.90 Å². The maximum Gasteiger partial charge on any atom is 0.227 e. The fourth-order valence-electron chi connectivity index (χ4n) is 3.10. The lowest BCUT2D eigenvalue weighted by molar-refractivity contribution is -0.119. The van der Waals surface area contributed by atoms with Crippen molar-refractivity contribution < 1.29 is 4.79 Å². The lowest BCUT2D eigenvalue weighted by Crippen LogP contribution is -2.36. The van der Waals surface area contributed by atoms with Gasteiger partial charge >= 0.3 is 0 Å². The number of benzene rings is 1. The molecule has 0 saturated heterocycles. The minimum atomic E-state index is 0.259. The number of hydrogen-bond donors (Lipinski definition) is 0. The topological polar surface area (TPSA) is 20.3 Å². The Morgan fingerprint density at radius 1 is 1.32 bits per heavy atom. The molecule has 0 fully saturated rings. The zero-order chi connectivity index (χ0) is 16.4. The van der Waals surface area contributed by atoms with Gasteiger partial charge in [-0.2, -0.15) is 0 Å². The van der Waals surface area contributed by atoms with Crippen molar-refractivity contribution >= 4 is 27.5 Å². The van der Waals surface area contributed by atoms with E-state index in [4.69, 9.17) is 0 Å². The van der Waals surface area contributed by atoms with Crippen LogP contribution in [0.15, 0.2) is 18.2 Å². The molecule has 2 nitrogen and oxygen atoms in total. The Labute approximate surface area is 143 Å². The number of nitrogens with zero attached hydrogens (tertiary/aromatic N) is 1. The van der Waals surface area contributed by atoms with Gasteiger partial charge in [0, 0.05) is 23.0 Å². The molecule has 3 heteroatoms. The van der Waals surface area contributed by atoms with E-state index in [0.29, 0.717) is 23.1 Å². The van der Waals surface area contributed by atoms with E-state index in [0.717, 1.165) is 18.5 Å². The van der Waals surface area contributed by atoms with Crippen molar-refractivity contribution in [1.29, 1.82) is 0 Å². The van der Waals surface area contributed by atoms with Gasteiger partial charge < -0.3 is 4.90 Å². The van der Waals surface area contributed by atoms with E-state index in [1.165, 1.54) is 11.1 Å². The van der Waals surface area contributed by atoms with Crippen molar-refractivity contribution in [2.75, 3.05) is 4.90 Å². The third-order valence-electron chi connectivity index (χ3n) is 4.37. The molecule has 0 aliphatic carbocycles. The summed E-state index contributed by atoms with van der Waals surface area (Å²) in [5.41, 5.74) is 3.81. The number of amides is 1. The second kappa shape index (κ2) is 7.16. The molecule has 1 aliphatic rings. The highest BCUT2D eigenvalue weighted by molar-refractivity contribution is 9.09. The zero-order valence-electron chi connectivity index (χ0n) is 14.4. The maximum absolute atomic E-state index is 12.5. The Hall–Kier alpha value is -0.830. The molecule has 2 unspecified atom stereocenters. The van der Waals surface area contributed by atoms with Crippen LogP contribution in [0, 0.1) is 11.8 Å². The van der Waals surface area contributed by atoms with E-state index in [2.05, 4.69) is 68.7 Å². The van der Waals surface area contributed by atoms with Gasteiger partial charge in [-0.25, -0.2) is 0 Å². The normalized spacial score (nSPS) is 18.9. The molecule has 0 N–H and O–H groups in total. The second-order valence-electron chi connectivity index (χ2n) is 7.34. The van der Waals surface area contributed by atoms with Crippen LogP contribution in [0.3, 0.4) is 0 Å². The lowest BCUT2D eigenvalue weighted by atomic mass is 9.99. The molecule has 2 rings (SSSR count). The molecule has 1 amide bonds. The summed E-state index contributed by atoms with van der Waals surface area (Å²) in [4.78, 5) is 15.0. The van der Waals surface area contributed by atoms with Gasteiger partial charge in [0.25, 0.3) is 0 Å². The van der Waals surface area contributed by atoms with E-state index >= 15 is 0 Å². The van der Waals surface area contributed by atoms with Crippen LogP contribution in [0.4, 0.5) is 5.69 Å². The highest BCUT2D eigenvalue weighted by Crippen LogP contribution is 2.34. The van der Waals surface area contributed by atoms with Gasteiger partial charge in [-0.05, 0) is 48.8 Å². The summed E-state index contributed by atoms with van der Waals surface area (Å²) in [5.74, 6) is 1.29. The summed E-state index contributed by atoms with van der Waals surface area (Å²) in [6.45, 7) is 10.8. The number of carbonyl (C=O) groups is 1. The monoisotopic (exact) mass is 365 g/mol. The largest absolute Gasteiger partial charge is 0.309 e. The fraction of sp³-hybridized carbons (Fsp3) is 0.632. The summed E-state index contributed by atoms with van der Waals surface area (Å²) in [6, 6.07) is 6.90. The SMILES string of the molecule is CC(C)CC(=O)N1c2ccc(CC(Br)C(C)C)cc2CC1C. The molecule has 1 aromatic rings. The standard InChI is InChI=1S/C19H28BrNO/c1-12(2)8-19(22)21-14(5)9-16-10-15(6-7-18(16)21)11-17(20)13(3)4/h6-7,10,12-14,17H,8-9,11H2,1-5H3. The number of alkyl halides is 1. The van der Waals surface area contributed by atoms with Gasteiger partial charge in [-0.1, -0.05) is 55.8 Å². The van der Waals surface area contributed by atoms with Crippen molar-refractivity contribution in [2.24, 2.45) is 11.8 Å². The predicted octanol–water partition coefficient (Wildman–Crippen LogP) is 4.97. The van der Waals surface area contributed by atoms with E-state index in [-0.39, 0.29) is 11.9 Å². The molecule has 1 aromatic carbocycles. The Balaban J connectivity index is 2.19. The molecule has 1 heterocycles. The summed E-state index contributed by atoms with van der Waals surface area (Å²) in [6.07, 6.45) is 2.64. The summed E-state index contributed by atoms with van der Waals surface area (Å²) < 4.78 is 0. The Bertz CT molecular complexity index is 538. The number of carbonyl (C=O) groups excluding carboxylic acids is 1. The van der Waals surface area contributed by atoms with Crippen LogP contribution in [-0.2, 0) is 17.6 Å². The van der Waals surface area contributed by atoms with Gasteiger partial charge in [0.15, 0.2) is 0 Å². The fourth-order valence-corrected chi connectivity index (χ4v) is 3.47. The van der Waals surface area contributed by atoms with Crippen LogP contribution < -0.4 is 4.90 Å². The molecule has 2 atom stereocenters. The van der Waals surface area contributed by atoms with E-state index in [9.17, 15) is 4.79 Å². The first-order chi connectivity index (χ1) is 10.3. The van der Waals surface area contributed by atoms with Crippen LogP contribution in [0.25, 0.3) is 0 Å². The second-order valence-corrected chi connectivity index (χ2v) is 8.52. The van der Waals surface area contributed by atoms with Crippen molar-refractivity contribution in [3.05, 3.63) is 29.3 Å². The molecule has 0 aromatic heterocycles. The van der Waals surface area contributed by atoms with Gasteiger partial charge in [0.05, 0.1) is 0 Å². The Morgan fingerprint density at radius 3 is 2.59 bits per heavy atom. The van der Waals surface area contributed by atoms with Gasteiger partial charge in [-0.15, -0.1) is 0 Å². The molecule has 0 saturated carbocycles. The predicted molar refractivity (Wildman–Crippen MR) is 97.8 cm³/mol. The number of anilines is 1. The van der Waals surface area contributed by atoms with Crippen LogP contribution in [-0.4, -0.2) is 16.8 Å². The maximum atomic E-state index is 12.5. The van der Waals surface area contributed by atoms with Crippen LogP contribution in [0.1, 0.15) is 52.2 Å². The van der Waals surface area contributed by atoms with Crippen molar-refractivity contribution in [3.63, 3.8) is 0 Å². The molecule has 0 spiro atoms. The first-order valence-corrected chi connectivity index (χ1v) is 9.29. The van der Waals surface area contributed by atoms with Crippen molar-refractivity contribution in [1.82, 2.24) is 0 Å². The van der Waals surface area contributed by atoms with Crippen LogP contribution in [0.5, 0.6) is 0 Å². The average Bonchev–Trinajstić information content (AvgIpc) is 2.72. The zero-order valence-corrected chi connectivity index (χ0v) is 16.0. The molecular weight excluding hydrogens is 338 g/mol. The quantitative estimate of drug-likeness (QED) is 0.674. The molecule has 1 aliphatic heterocycles. The van der Waals surface area contributed by atoms with E-state index < -0.39 is 0 Å². The van der Waals surface area contributed by atoms with Gasteiger partial charge in [0.2, 0.25) is 5.91 Å². The number of halogens is 1. The minimum absolute atomic E-state index is 0.259. The highest BCUT2D eigenvalue weighted by atomic mass is 79.9. The summed E-state index contributed by atoms with van der Waals surface area (Å²) >= 11 is 3.77. The Morgan fingerprint density at radius 2 is 2.00 bits per heavy atom. The Kier molecular flexibility index (Phi) is 5.70. The first kappa shape index (κ1) is 17.5. The third kappa shape index (κ3) is 3.92. The molecule has 22 heavy (non-hydrogen) atoms. The first-order valence-electron chi connectivity index (χ1n) is 8.37. The summed E-state index contributed by atoms with van der Waals surface area (Å²) in [5, 5.41) is 0. The number of hydrogen-bond acceptors (Lipinski definition) is 1.